The first kappa shape index (κ1) is 17.5. The molecule has 0 saturated carbocycles. The Bertz CT molecular complexity index is 1110. The molecule has 2 aromatic heterocycles. The Balaban J connectivity index is 1.44. The molecule has 146 valence electrons. The van der Waals surface area contributed by atoms with E-state index in [1.807, 2.05) is 54.6 Å². The summed E-state index contributed by atoms with van der Waals surface area (Å²) in [4.78, 5) is 2.30. The van der Waals surface area contributed by atoms with Gasteiger partial charge in [0.05, 0.1) is 25.0 Å². The standard InChI is InChI=1S/C22H21N5O2/c1-28-17-9-7-16(8-10-17)20-13-21(22-24-23-15-27(22)25-20)26-12-11-19(14-26)29-18-5-3-2-4-6-18/h2-10,13,15,19H,11-12,14H2,1H3/t19-/m1/s1. The molecular weight excluding hydrogens is 366 g/mol. The van der Waals surface area contributed by atoms with Gasteiger partial charge >= 0.3 is 0 Å². The molecule has 2 aromatic carbocycles. The van der Waals surface area contributed by atoms with Gasteiger partial charge in [-0.1, -0.05) is 18.2 Å². The summed E-state index contributed by atoms with van der Waals surface area (Å²) in [5, 5.41) is 13.0. The van der Waals surface area contributed by atoms with Gasteiger partial charge in [-0.15, -0.1) is 10.2 Å². The van der Waals surface area contributed by atoms with Crippen molar-refractivity contribution in [2.75, 3.05) is 25.1 Å². The van der Waals surface area contributed by atoms with Gasteiger partial charge in [0.15, 0.2) is 0 Å². The van der Waals surface area contributed by atoms with Crippen LogP contribution in [0.25, 0.3) is 16.9 Å². The topological polar surface area (TPSA) is 64.8 Å². The first-order valence-electron chi connectivity index (χ1n) is 9.62. The molecule has 3 heterocycles. The number of hydrogen-bond acceptors (Lipinski definition) is 6. The maximum absolute atomic E-state index is 6.15. The number of para-hydroxylation sites is 1. The third kappa shape index (κ3) is 3.47. The predicted octanol–water partition coefficient (Wildman–Crippen LogP) is 3.46. The summed E-state index contributed by atoms with van der Waals surface area (Å²) >= 11 is 0. The Morgan fingerprint density at radius 3 is 2.62 bits per heavy atom. The lowest BCUT2D eigenvalue weighted by molar-refractivity contribution is 0.225. The Morgan fingerprint density at radius 2 is 1.83 bits per heavy atom. The van der Waals surface area contributed by atoms with Crippen LogP contribution in [-0.2, 0) is 0 Å². The van der Waals surface area contributed by atoms with Gasteiger partial charge in [-0.3, -0.25) is 0 Å². The number of hydrogen-bond donors (Lipinski definition) is 0. The maximum Gasteiger partial charge on any atom is 0.200 e. The van der Waals surface area contributed by atoms with Crippen LogP contribution >= 0.6 is 0 Å². The molecule has 0 unspecified atom stereocenters. The van der Waals surface area contributed by atoms with Crippen LogP contribution in [0.15, 0.2) is 67.0 Å². The predicted molar refractivity (Wildman–Crippen MR) is 110 cm³/mol. The third-order valence-corrected chi connectivity index (χ3v) is 5.17. The summed E-state index contributed by atoms with van der Waals surface area (Å²) in [7, 11) is 1.66. The second kappa shape index (κ2) is 7.43. The molecule has 0 bridgehead atoms. The summed E-state index contributed by atoms with van der Waals surface area (Å²) in [5.74, 6) is 1.72. The summed E-state index contributed by atoms with van der Waals surface area (Å²) in [6.45, 7) is 1.69. The van der Waals surface area contributed by atoms with Crippen LogP contribution in [-0.4, -0.2) is 46.1 Å². The van der Waals surface area contributed by atoms with E-state index in [4.69, 9.17) is 9.47 Å². The van der Waals surface area contributed by atoms with Crippen molar-refractivity contribution in [3.05, 3.63) is 67.0 Å². The maximum atomic E-state index is 6.15. The lowest BCUT2D eigenvalue weighted by atomic mass is 10.1. The summed E-state index contributed by atoms with van der Waals surface area (Å²) < 4.78 is 13.1. The molecule has 1 atom stereocenters. The van der Waals surface area contributed by atoms with E-state index in [-0.39, 0.29) is 6.10 Å². The van der Waals surface area contributed by atoms with Crippen LogP contribution in [0.4, 0.5) is 5.69 Å². The molecule has 0 N–H and O–H groups in total. The second-order valence-corrected chi connectivity index (χ2v) is 7.03. The normalized spacial score (nSPS) is 16.3. The molecule has 1 fully saturated rings. The number of ether oxygens (including phenoxy) is 2. The lowest BCUT2D eigenvalue weighted by Crippen LogP contribution is -2.25. The highest BCUT2D eigenvalue weighted by Crippen LogP contribution is 2.30. The van der Waals surface area contributed by atoms with Gasteiger partial charge in [0.1, 0.15) is 23.9 Å². The zero-order valence-corrected chi connectivity index (χ0v) is 16.1. The Kier molecular flexibility index (Phi) is 4.48. The molecule has 7 heteroatoms. The number of rotatable bonds is 5. The first-order chi connectivity index (χ1) is 14.3. The van der Waals surface area contributed by atoms with Crippen molar-refractivity contribution < 1.29 is 9.47 Å². The lowest BCUT2D eigenvalue weighted by Gasteiger charge is -2.20. The fourth-order valence-electron chi connectivity index (χ4n) is 3.68. The molecule has 0 radical (unpaired) electrons. The molecule has 4 aromatic rings. The van der Waals surface area contributed by atoms with Crippen LogP contribution in [0.1, 0.15) is 6.42 Å². The van der Waals surface area contributed by atoms with Crippen LogP contribution in [0.3, 0.4) is 0 Å². The molecule has 0 aliphatic carbocycles. The van der Waals surface area contributed by atoms with Crippen LogP contribution in [0.5, 0.6) is 11.5 Å². The average Bonchev–Trinajstić information content (AvgIpc) is 3.43. The van der Waals surface area contributed by atoms with Crippen LogP contribution in [0.2, 0.25) is 0 Å². The van der Waals surface area contributed by atoms with E-state index in [1.165, 1.54) is 0 Å². The molecule has 1 aliphatic rings. The van der Waals surface area contributed by atoms with Gasteiger partial charge in [-0.05, 0) is 42.5 Å². The van der Waals surface area contributed by atoms with Crippen molar-refractivity contribution in [3.63, 3.8) is 0 Å². The van der Waals surface area contributed by atoms with E-state index in [1.54, 1.807) is 18.0 Å². The van der Waals surface area contributed by atoms with Crippen molar-refractivity contribution >= 4 is 11.3 Å². The fraction of sp³-hybridized carbons (Fsp3) is 0.227. The minimum absolute atomic E-state index is 0.137. The fourth-order valence-corrected chi connectivity index (χ4v) is 3.68. The monoisotopic (exact) mass is 387 g/mol. The van der Waals surface area contributed by atoms with Gasteiger partial charge in [0, 0.05) is 18.5 Å². The number of benzene rings is 2. The number of methoxy groups -OCH3 is 1. The molecule has 0 amide bonds. The highest BCUT2D eigenvalue weighted by Gasteiger charge is 2.27. The summed E-state index contributed by atoms with van der Waals surface area (Å²) in [6.07, 6.45) is 2.73. The molecule has 1 saturated heterocycles. The van der Waals surface area contributed by atoms with Gasteiger partial charge in [0.2, 0.25) is 5.65 Å². The largest absolute Gasteiger partial charge is 0.497 e. The quantitative estimate of drug-likeness (QED) is 0.523. The van der Waals surface area contributed by atoms with E-state index in [9.17, 15) is 0 Å². The van der Waals surface area contributed by atoms with Crippen molar-refractivity contribution in [1.82, 2.24) is 19.8 Å². The smallest absolute Gasteiger partial charge is 0.200 e. The van der Waals surface area contributed by atoms with Crippen molar-refractivity contribution in [2.24, 2.45) is 0 Å². The molecule has 5 rings (SSSR count). The SMILES string of the molecule is COc1ccc(-c2cc(N3CC[C@@H](Oc4ccccc4)C3)c3nncn3n2)cc1. The zero-order valence-electron chi connectivity index (χ0n) is 16.1. The average molecular weight is 387 g/mol. The van der Waals surface area contributed by atoms with Gasteiger partial charge in [0.25, 0.3) is 0 Å². The number of fused-ring (bicyclic) bond motifs is 1. The van der Waals surface area contributed by atoms with Gasteiger partial charge < -0.3 is 14.4 Å². The molecular formula is C22H21N5O2. The Hall–Kier alpha value is -3.61. The van der Waals surface area contributed by atoms with Crippen molar-refractivity contribution in [2.45, 2.75) is 12.5 Å². The highest BCUT2D eigenvalue weighted by molar-refractivity contribution is 5.74. The van der Waals surface area contributed by atoms with E-state index in [0.29, 0.717) is 0 Å². The molecule has 7 nitrogen and oxygen atoms in total. The minimum Gasteiger partial charge on any atom is -0.497 e. The van der Waals surface area contributed by atoms with Crippen LogP contribution in [0, 0.1) is 0 Å². The van der Waals surface area contributed by atoms with E-state index in [0.717, 1.165) is 53.6 Å². The number of nitrogens with zero attached hydrogens (tertiary/aromatic N) is 5. The van der Waals surface area contributed by atoms with Crippen molar-refractivity contribution in [1.29, 1.82) is 0 Å². The summed E-state index contributed by atoms with van der Waals surface area (Å²) in [6, 6.07) is 19.9. The number of aromatic nitrogens is 4. The van der Waals surface area contributed by atoms with E-state index >= 15 is 0 Å². The van der Waals surface area contributed by atoms with Crippen LogP contribution < -0.4 is 14.4 Å². The first-order valence-corrected chi connectivity index (χ1v) is 9.62. The summed E-state index contributed by atoms with van der Waals surface area (Å²) in [5.41, 5.74) is 3.64. The zero-order chi connectivity index (χ0) is 19.6. The third-order valence-electron chi connectivity index (χ3n) is 5.17. The number of anilines is 1. The molecule has 0 spiro atoms. The second-order valence-electron chi connectivity index (χ2n) is 7.03. The molecule has 1 aliphatic heterocycles. The Morgan fingerprint density at radius 1 is 1.00 bits per heavy atom. The Labute approximate surface area is 168 Å². The highest BCUT2D eigenvalue weighted by atomic mass is 16.5. The van der Waals surface area contributed by atoms with E-state index in [2.05, 4.69) is 26.3 Å². The van der Waals surface area contributed by atoms with E-state index < -0.39 is 0 Å². The van der Waals surface area contributed by atoms with Gasteiger partial charge in [-0.25, -0.2) is 0 Å². The van der Waals surface area contributed by atoms with Gasteiger partial charge in [-0.2, -0.15) is 9.61 Å². The minimum atomic E-state index is 0.137. The molecule has 29 heavy (non-hydrogen) atoms. The van der Waals surface area contributed by atoms with Crippen molar-refractivity contribution in [3.8, 4) is 22.8 Å².